The Balaban J connectivity index is 0.00000961. The molecule has 2 amide bonds. The zero-order valence-electron chi connectivity index (χ0n) is 34.8. The Morgan fingerprint density at radius 3 is 1.75 bits per heavy atom. The van der Waals surface area contributed by atoms with Gasteiger partial charge in [-0.3, -0.25) is 48.3 Å². The molecule has 4 saturated carbocycles. The van der Waals surface area contributed by atoms with E-state index in [-0.39, 0.29) is 126 Å². The number of aliphatic hydroxyl groups excluding tert-OH is 2. The number of aliphatic hydroxyl groups is 2. The van der Waals surface area contributed by atoms with Crippen molar-refractivity contribution in [2.75, 3.05) is 65.4 Å². The quantitative estimate of drug-likeness (QED) is 0.0648. The van der Waals surface area contributed by atoms with Crippen molar-refractivity contribution in [3.8, 4) is 0 Å². The first-order valence-corrected chi connectivity index (χ1v) is 20.8. The van der Waals surface area contributed by atoms with E-state index in [1.165, 1.54) is 9.80 Å². The van der Waals surface area contributed by atoms with Gasteiger partial charge in [0.05, 0.1) is 51.5 Å². The SMILES string of the molecule is C[C@H](CCC(=O)O)[C@H]1CCC2C3C(O)C[C@@H]4C[C@@H](NC(=O)CNC(=O)CN(CCN(CCN(CC(=O)O)CC(=O)O)CC(=O)O)CC(=O)O)CC[C@]4(C)C3C[C@H](O)[C@@]21C.[Gd+3]. The van der Waals surface area contributed by atoms with Gasteiger partial charge in [-0.15, -0.1) is 0 Å². The molecule has 0 heterocycles. The maximum Gasteiger partial charge on any atom is 3.00 e. The van der Waals surface area contributed by atoms with E-state index in [2.05, 4.69) is 31.4 Å². The van der Waals surface area contributed by atoms with Crippen molar-refractivity contribution in [3.63, 3.8) is 0 Å². The zero-order chi connectivity index (χ0) is 43.8. The van der Waals surface area contributed by atoms with E-state index in [1.807, 2.05) is 0 Å². The molecule has 11 atom stereocenters. The third kappa shape index (κ3) is 13.5. The molecule has 4 unspecified atom stereocenters. The fourth-order valence-electron chi connectivity index (χ4n) is 11.6. The molecule has 1 radical (unpaired) electrons. The van der Waals surface area contributed by atoms with Gasteiger partial charge in [0.2, 0.25) is 11.8 Å². The normalized spacial score (nSPS) is 31.3. The van der Waals surface area contributed by atoms with Gasteiger partial charge in [-0.1, -0.05) is 20.8 Å². The Kier molecular flexibility index (Phi) is 19.6. The van der Waals surface area contributed by atoms with Crippen LogP contribution in [0.4, 0.5) is 0 Å². The summed E-state index contributed by atoms with van der Waals surface area (Å²) in [6.07, 6.45) is 4.56. The molecule has 0 bridgehead atoms. The van der Waals surface area contributed by atoms with Gasteiger partial charge in [-0.25, -0.2) is 0 Å². The van der Waals surface area contributed by atoms with E-state index >= 15 is 0 Å². The maximum absolute atomic E-state index is 13.1. The third-order valence-electron chi connectivity index (χ3n) is 14.4. The summed E-state index contributed by atoms with van der Waals surface area (Å²) in [7, 11) is 0. The van der Waals surface area contributed by atoms with Crippen LogP contribution in [0.25, 0.3) is 0 Å². The van der Waals surface area contributed by atoms with Gasteiger partial charge in [0.15, 0.2) is 0 Å². The van der Waals surface area contributed by atoms with Gasteiger partial charge in [-0.2, -0.15) is 0 Å². The standard InChI is InChI=1S/C40H65N5O14.Gd/c1-23(4-7-33(50)51)26-5-6-27-38-28(16-30(47)40(26,27)3)39(2)9-8-25(14-24(39)15-29(38)46)42-31(48)17-41-32(49)18-44(20-35(54)55)12-10-43(19-34(52)53)11-13-45(21-36(56)57)22-37(58)59;/h23-30,38,46-47H,4-22H2,1-3H3,(H,41,49)(H,42,48)(H,50,51)(H,52,53)(H,54,55)(H,56,57)(H,58,59);/q;+3/t23-,24+,25+,26-,27?,28?,29?,30+,38?,39+,40-;/m1./s1. The molecule has 4 aliphatic rings. The molecular formula is C40H65GdN5O14+3. The maximum atomic E-state index is 13.1. The van der Waals surface area contributed by atoms with Crippen molar-refractivity contribution in [2.24, 2.45) is 46.3 Å². The smallest absolute Gasteiger partial charge is 0.481 e. The third-order valence-corrected chi connectivity index (χ3v) is 14.4. The first-order valence-electron chi connectivity index (χ1n) is 20.8. The molecule has 4 fully saturated rings. The second-order valence-corrected chi connectivity index (χ2v) is 18.1. The monoisotopic (exact) mass is 997 g/mol. The van der Waals surface area contributed by atoms with Gasteiger partial charge < -0.3 is 46.4 Å². The number of aliphatic carboxylic acids is 5. The molecule has 20 heteroatoms. The zero-order valence-corrected chi connectivity index (χ0v) is 37.1. The van der Waals surface area contributed by atoms with E-state index in [0.717, 1.165) is 24.2 Å². The second-order valence-electron chi connectivity index (χ2n) is 18.1. The molecule has 0 aliphatic heterocycles. The van der Waals surface area contributed by atoms with Crippen LogP contribution in [0.15, 0.2) is 0 Å². The Labute approximate surface area is 382 Å². The second kappa shape index (κ2) is 22.7. The summed E-state index contributed by atoms with van der Waals surface area (Å²) in [5, 5.41) is 75.4. The van der Waals surface area contributed by atoms with Crippen molar-refractivity contribution in [1.29, 1.82) is 0 Å². The minimum absolute atomic E-state index is 0. The molecule has 0 aromatic rings. The molecule has 0 aromatic carbocycles. The molecular weight excluding hydrogens is 932 g/mol. The Bertz CT molecular complexity index is 1540. The largest absolute Gasteiger partial charge is 3.00 e. The molecule has 9 N–H and O–H groups in total. The van der Waals surface area contributed by atoms with E-state index in [1.54, 1.807) is 0 Å². The number of carbonyl (C=O) groups is 7. The van der Waals surface area contributed by atoms with Crippen molar-refractivity contribution in [2.45, 2.75) is 96.8 Å². The van der Waals surface area contributed by atoms with Crippen molar-refractivity contribution < 1.29 is 109 Å². The summed E-state index contributed by atoms with van der Waals surface area (Å²) in [6.45, 7) is 3.25. The summed E-state index contributed by atoms with van der Waals surface area (Å²) in [5.41, 5.74) is -0.555. The average Bonchev–Trinajstić information content (AvgIpc) is 3.49. The number of nitrogens with zero attached hydrogens (tertiary/aromatic N) is 3. The first kappa shape index (κ1) is 51.8. The van der Waals surface area contributed by atoms with Crippen LogP contribution in [0.1, 0.15) is 78.6 Å². The van der Waals surface area contributed by atoms with Crippen molar-refractivity contribution in [1.82, 2.24) is 25.3 Å². The number of nitrogens with one attached hydrogen (secondary N) is 2. The van der Waals surface area contributed by atoms with Gasteiger partial charge in [0.1, 0.15) is 0 Å². The molecule has 60 heavy (non-hydrogen) atoms. The summed E-state index contributed by atoms with van der Waals surface area (Å²) in [5.74, 6) is -6.20. The van der Waals surface area contributed by atoms with Gasteiger partial charge in [-0.05, 0) is 97.7 Å². The Morgan fingerprint density at radius 1 is 0.667 bits per heavy atom. The van der Waals surface area contributed by atoms with Crippen LogP contribution in [-0.2, 0) is 33.6 Å². The van der Waals surface area contributed by atoms with E-state index in [4.69, 9.17) is 10.2 Å². The fraction of sp³-hybridized carbons (Fsp3) is 0.825. The summed E-state index contributed by atoms with van der Waals surface area (Å²) in [4.78, 5) is 86.4. The van der Waals surface area contributed by atoms with Crippen molar-refractivity contribution >= 4 is 41.7 Å². The number of carbonyl (C=O) groups excluding carboxylic acids is 2. The number of carboxylic acid groups (broad SMARTS) is 5. The number of carboxylic acids is 5. The molecule has 4 rings (SSSR count). The van der Waals surface area contributed by atoms with Crippen LogP contribution in [0.5, 0.6) is 0 Å². The number of hydrogen-bond donors (Lipinski definition) is 9. The fourth-order valence-corrected chi connectivity index (χ4v) is 11.6. The van der Waals surface area contributed by atoms with Crippen LogP contribution in [-0.4, -0.2) is 176 Å². The number of hydrogen-bond acceptors (Lipinski definition) is 12. The first-order chi connectivity index (χ1) is 27.6. The summed E-state index contributed by atoms with van der Waals surface area (Å²) in [6, 6.07) is -0.198. The topological polar surface area (TPSA) is 295 Å². The molecule has 0 spiro atoms. The Morgan fingerprint density at radius 2 is 1.20 bits per heavy atom. The minimum Gasteiger partial charge on any atom is -0.481 e. The summed E-state index contributed by atoms with van der Waals surface area (Å²) >= 11 is 0. The predicted octanol–water partition coefficient (Wildman–Crippen LogP) is -0.0668. The van der Waals surface area contributed by atoms with Crippen LogP contribution >= 0.6 is 0 Å². The number of rotatable bonds is 23. The van der Waals surface area contributed by atoms with Gasteiger partial charge in [0.25, 0.3) is 0 Å². The number of amides is 2. The Hall–Kier alpha value is -2.59. The van der Waals surface area contributed by atoms with Gasteiger partial charge >= 0.3 is 69.8 Å². The van der Waals surface area contributed by atoms with E-state index in [0.29, 0.717) is 32.1 Å². The van der Waals surface area contributed by atoms with E-state index in [9.17, 15) is 59.1 Å². The van der Waals surface area contributed by atoms with Crippen molar-refractivity contribution in [3.05, 3.63) is 0 Å². The van der Waals surface area contributed by atoms with Crippen LogP contribution in [0.2, 0.25) is 0 Å². The van der Waals surface area contributed by atoms with E-state index < -0.39 is 92.0 Å². The minimum atomic E-state index is -1.26. The van der Waals surface area contributed by atoms with Crippen LogP contribution < -0.4 is 10.6 Å². The molecule has 0 aromatic heterocycles. The van der Waals surface area contributed by atoms with Crippen LogP contribution in [0, 0.1) is 86.3 Å². The molecule has 0 saturated heterocycles. The summed E-state index contributed by atoms with van der Waals surface area (Å²) < 4.78 is 0. The molecule has 4 aliphatic carbocycles. The predicted molar refractivity (Wildman–Crippen MR) is 209 cm³/mol. The average molecular weight is 997 g/mol. The molecule has 339 valence electrons. The number of fused-ring (bicyclic) bond motifs is 5. The molecule has 19 nitrogen and oxygen atoms in total. The van der Waals surface area contributed by atoms with Crippen LogP contribution in [0.3, 0.4) is 0 Å². The van der Waals surface area contributed by atoms with Gasteiger partial charge in [0, 0.05) is 38.6 Å².